The second-order valence-electron chi connectivity index (χ2n) is 5.38. The predicted molar refractivity (Wildman–Crippen MR) is 92.4 cm³/mol. The molecule has 1 aliphatic rings. The highest BCUT2D eigenvalue weighted by atomic mass is 35.5. The number of phenolic OH excluding ortho intramolecular Hbond substituents is 2. The van der Waals surface area contributed by atoms with Crippen LogP contribution in [0.15, 0.2) is 41.6 Å². The largest absolute Gasteiger partial charge is 0.507 e. The maximum absolute atomic E-state index is 9.92. The molecule has 0 fully saturated rings. The molecule has 1 aliphatic heterocycles. The Hall–Kier alpha value is -2.11. The second kappa shape index (κ2) is 7.20. The molecule has 1 atom stereocenters. The van der Waals surface area contributed by atoms with Gasteiger partial charge in [0.1, 0.15) is 23.4 Å². The van der Waals surface area contributed by atoms with Gasteiger partial charge < -0.3 is 19.8 Å². The molecule has 24 heavy (non-hydrogen) atoms. The first-order valence-electron chi connectivity index (χ1n) is 7.36. The standard InChI is InChI=1S/C17H15Cl2NO4/c18-10-2-1-3-11(6-10)23-5-4-12-7-15(20-24-12)13-8-14(19)17(22)9-16(13)21/h1-3,6,8-9,12,21-22H,4-5,7H2. The van der Waals surface area contributed by atoms with Gasteiger partial charge in [-0.25, -0.2) is 0 Å². The third kappa shape index (κ3) is 3.86. The van der Waals surface area contributed by atoms with E-state index in [2.05, 4.69) is 5.16 Å². The molecule has 1 heterocycles. The number of rotatable bonds is 5. The first-order valence-corrected chi connectivity index (χ1v) is 8.11. The Balaban J connectivity index is 1.55. The Morgan fingerprint density at radius 3 is 2.79 bits per heavy atom. The van der Waals surface area contributed by atoms with Gasteiger partial charge in [0.15, 0.2) is 0 Å². The lowest BCUT2D eigenvalue weighted by molar-refractivity contribution is 0.0675. The van der Waals surface area contributed by atoms with E-state index in [1.165, 1.54) is 12.1 Å². The van der Waals surface area contributed by atoms with Crippen molar-refractivity contribution in [1.29, 1.82) is 0 Å². The molecule has 0 aliphatic carbocycles. The average molecular weight is 368 g/mol. The number of benzene rings is 2. The molecule has 0 amide bonds. The molecule has 3 rings (SSSR count). The van der Waals surface area contributed by atoms with Gasteiger partial charge >= 0.3 is 0 Å². The normalized spacial score (nSPS) is 16.6. The summed E-state index contributed by atoms with van der Waals surface area (Å²) in [4.78, 5) is 5.37. The van der Waals surface area contributed by atoms with E-state index in [4.69, 9.17) is 32.8 Å². The van der Waals surface area contributed by atoms with Crippen LogP contribution in [0.5, 0.6) is 17.2 Å². The fourth-order valence-corrected chi connectivity index (χ4v) is 2.73. The lowest BCUT2D eigenvalue weighted by atomic mass is 10.0. The summed E-state index contributed by atoms with van der Waals surface area (Å²) in [6.45, 7) is 0.454. The van der Waals surface area contributed by atoms with E-state index in [-0.39, 0.29) is 22.6 Å². The van der Waals surface area contributed by atoms with Gasteiger partial charge in [0.2, 0.25) is 0 Å². The third-order valence-corrected chi connectivity index (χ3v) is 4.15. The molecular formula is C17H15Cl2NO4. The SMILES string of the molecule is Oc1cc(O)c(C2=NOC(CCOc3cccc(Cl)c3)C2)cc1Cl. The molecule has 0 bridgehead atoms. The Morgan fingerprint density at radius 1 is 1.17 bits per heavy atom. The van der Waals surface area contributed by atoms with E-state index in [9.17, 15) is 10.2 Å². The zero-order valence-electron chi connectivity index (χ0n) is 12.6. The van der Waals surface area contributed by atoms with Crippen LogP contribution < -0.4 is 4.74 Å². The van der Waals surface area contributed by atoms with E-state index >= 15 is 0 Å². The number of halogens is 2. The van der Waals surface area contributed by atoms with Gasteiger partial charge in [-0.05, 0) is 24.3 Å². The van der Waals surface area contributed by atoms with Crippen molar-refractivity contribution < 1.29 is 19.8 Å². The molecule has 0 saturated heterocycles. The van der Waals surface area contributed by atoms with Crippen molar-refractivity contribution in [2.45, 2.75) is 18.9 Å². The van der Waals surface area contributed by atoms with E-state index in [1.54, 1.807) is 12.1 Å². The molecule has 2 aromatic carbocycles. The molecular weight excluding hydrogens is 353 g/mol. The van der Waals surface area contributed by atoms with Gasteiger partial charge in [-0.2, -0.15) is 0 Å². The lowest BCUT2D eigenvalue weighted by Gasteiger charge is -2.10. The van der Waals surface area contributed by atoms with Gasteiger partial charge in [0, 0.05) is 29.5 Å². The van der Waals surface area contributed by atoms with E-state index in [1.807, 2.05) is 12.1 Å². The highest BCUT2D eigenvalue weighted by Crippen LogP contribution is 2.33. The number of aromatic hydroxyl groups is 2. The van der Waals surface area contributed by atoms with Gasteiger partial charge in [-0.3, -0.25) is 0 Å². The van der Waals surface area contributed by atoms with E-state index in [0.29, 0.717) is 41.5 Å². The number of nitrogens with zero attached hydrogens (tertiary/aromatic N) is 1. The smallest absolute Gasteiger partial charge is 0.137 e. The minimum Gasteiger partial charge on any atom is -0.507 e. The van der Waals surface area contributed by atoms with Crippen LogP contribution in [-0.4, -0.2) is 28.6 Å². The quantitative estimate of drug-likeness (QED) is 0.822. The fourth-order valence-electron chi connectivity index (χ4n) is 2.39. The summed E-state index contributed by atoms with van der Waals surface area (Å²) in [5.41, 5.74) is 1.04. The Bertz CT molecular complexity index is 779. The van der Waals surface area contributed by atoms with Crippen LogP contribution in [0.1, 0.15) is 18.4 Å². The molecule has 0 radical (unpaired) electrons. The van der Waals surface area contributed by atoms with Crippen molar-refractivity contribution in [2.75, 3.05) is 6.61 Å². The molecule has 0 aromatic heterocycles. The van der Waals surface area contributed by atoms with Crippen LogP contribution >= 0.6 is 23.2 Å². The molecule has 0 spiro atoms. The van der Waals surface area contributed by atoms with Crippen LogP contribution in [0.3, 0.4) is 0 Å². The molecule has 126 valence electrons. The van der Waals surface area contributed by atoms with Crippen LogP contribution in [0.25, 0.3) is 0 Å². The van der Waals surface area contributed by atoms with Gasteiger partial charge in [0.25, 0.3) is 0 Å². The summed E-state index contributed by atoms with van der Waals surface area (Å²) in [6, 6.07) is 9.84. The monoisotopic (exact) mass is 367 g/mol. The summed E-state index contributed by atoms with van der Waals surface area (Å²) >= 11 is 11.8. The van der Waals surface area contributed by atoms with Crippen molar-refractivity contribution in [3.05, 3.63) is 52.0 Å². The third-order valence-electron chi connectivity index (χ3n) is 3.61. The Morgan fingerprint density at radius 2 is 2.00 bits per heavy atom. The summed E-state index contributed by atoms with van der Waals surface area (Å²) in [5, 5.41) is 24.2. The number of phenols is 2. The average Bonchev–Trinajstić information content (AvgIpc) is 2.99. The second-order valence-corrected chi connectivity index (χ2v) is 6.23. The first kappa shape index (κ1) is 16.7. The molecule has 2 aromatic rings. The van der Waals surface area contributed by atoms with Crippen LogP contribution in [0.2, 0.25) is 10.0 Å². The van der Waals surface area contributed by atoms with Gasteiger partial charge in [-0.1, -0.05) is 34.4 Å². The minimum absolute atomic E-state index is 0.0879. The Labute approximate surface area is 149 Å². The summed E-state index contributed by atoms with van der Waals surface area (Å²) in [6.07, 6.45) is 1.01. The number of ether oxygens (including phenoxy) is 1. The number of oxime groups is 1. The van der Waals surface area contributed by atoms with Crippen molar-refractivity contribution in [3.8, 4) is 17.2 Å². The van der Waals surface area contributed by atoms with Crippen LogP contribution in [-0.2, 0) is 4.84 Å². The number of hydrogen-bond donors (Lipinski definition) is 2. The van der Waals surface area contributed by atoms with Crippen LogP contribution in [0.4, 0.5) is 0 Å². The lowest BCUT2D eigenvalue weighted by Crippen LogP contribution is -2.13. The Kier molecular flexibility index (Phi) is 5.02. The minimum atomic E-state index is -0.177. The molecule has 2 N–H and O–H groups in total. The summed E-state index contributed by atoms with van der Waals surface area (Å²) < 4.78 is 5.63. The van der Waals surface area contributed by atoms with E-state index in [0.717, 1.165) is 0 Å². The molecule has 5 nitrogen and oxygen atoms in total. The van der Waals surface area contributed by atoms with Crippen molar-refractivity contribution >= 4 is 28.9 Å². The van der Waals surface area contributed by atoms with Crippen LogP contribution in [0, 0.1) is 0 Å². The van der Waals surface area contributed by atoms with Gasteiger partial charge in [0.05, 0.1) is 17.3 Å². The summed E-state index contributed by atoms with van der Waals surface area (Å²) in [5.74, 6) is 0.434. The van der Waals surface area contributed by atoms with Gasteiger partial charge in [-0.15, -0.1) is 0 Å². The number of hydrogen-bond acceptors (Lipinski definition) is 5. The molecule has 1 unspecified atom stereocenters. The molecule has 7 heteroatoms. The zero-order chi connectivity index (χ0) is 17.1. The predicted octanol–water partition coefficient (Wildman–Crippen LogP) is 4.37. The van der Waals surface area contributed by atoms with Crippen molar-refractivity contribution in [1.82, 2.24) is 0 Å². The summed E-state index contributed by atoms with van der Waals surface area (Å²) in [7, 11) is 0. The molecule has 0 saturated carbocycles. The van der Waals surface area contributed by atoms with Crippen molar-refractivity contribution in [2.24, 2.45) is 5.16 Å². The zero-order valence-corrected chi connectivity index (χ0v) is 14.1. The first-order chi connectivity index (χ1) is 11.5. The highest BCUT2D eigenvalue weighted by molar-refractivity contribution is 6.32. The topological polar surface area (TPSA) is 71.3 Å². The fraction of sp³-hybridized carbons (Fsp3) is 0.235. The maximum Gasteiger partial charge on any atom is 0.137 e. The van der Waals surface area contributed by atoms with E-state index < -0.39 is 0 Å². The maximum atomic E-state index is 9.92. The highest BCUT2D eigenvalue weighted by Gasteiger charge is 2.24. The van der Waals surface area contributed by atoms with Crippen molar-refractivity contribution in [3.63, 3.8) is 0 Å².